The number of aryl methyl sites for hydroxylation is 2. The molecule has 1 amide bonds. The Hall–Kier alpha value is -2.64. The number of hydrogen-bond acceptors (Lipinski definition) is 4. The van der Waals surface area contributed by atoms with Gasteiger partial charge in [0.25, 0.3) is 16.0 Å². The van der Waals surface area contributed by atoms with E-state index in [0.717, 1.165) is 0 Å². The maximum absolute atomic E-state index is 12.4. The lowest BCUT2D eigenvalue weighted by Gasteiger charge is -2.11. The molecule has 3 rings (SSSR count). The number of furan rings is 1. The molecule has 0 fully saturated rings. The Morgan fingerprint density at radius 2 is 1.75 bits per heavy atom. The Kier molecular flexibility index (Phi) is 3.90. The largest absolute Gasteiger partial charge is 0.466 e. The van der Waals surface area contributed by atoms with Crippen molar-refractivity contribution in [1.82, 2.24) is 0 Å². The van der Waals surface area contributed by atoms with Crippen molar-refractivity contribution in [1.29, 1.82) is 0 Å². The molecule has 0 spiro atoms. The van der Waals surface area contributed by atoms with Crippen LogP contribution in [-0.2, 0) is 10.1 Å². The molecule has 2 aromatic carbocycles. The molecule has 7 heteroatoms. The third kappa shape index (κ3) is 2.91. The van der Waals surface area contributed by atoms with Gasteiger partial charge in [0.1, 0.15) is 16.4 Å². The number of anilines is 1. The quantitative estimate of drug-likeness (QED) is 0.708. The first kappa shape index (κ1) is 16.2. The minimum absolute atomic E-state index is 0.202. The van der Waals surface area contributed by atoms with Crippen LogP contribution >= 0.6 is 0 Å². The first-order chi connectivity index (χ1) is 11.3. The summed E-state index contributed by atoms with van der Waals surface area (Å²) in [5.74, 6) is 0.780. The van der Waals surface area contributed by atoms with Gasteiger partial charge in [0, 0.05) is 16.5 Å². The topological polar surface area (TPSA) is 96.6 Å². The highest BCUT2D eigenvalue weighted by atomic mass is 32.2. The fraction of sp³-hybridized carbons (Fsp3) is 0.118. The van der Waals surface area contributed by atoms with E-state index in [0.29, 0.717) is 33.5 Å². The summed E-state index contributed by atoms with van der Waals surface area (Å²) in [6.45, 7) is 3.45. The Morgan fingerprint density at radius 1 is 1.08 bits per heavy atom. The van der Waals surface area contributed by atoms with Crippen molar-refractivity contribution in [2.24, 2.45) is 0 Å². The zero-order valence-electron chi connectivity index (χ0n) is 13.0. The van der Waals surface area contributed by atoms with Crippen LogP contribution in [0, 0.1) is 13.8 Å². The van der Waals surface area contributed by atoms with Crippen LogP contribution < -0.4 is 5.32 Å². The molecule has 0 aliphatic carbocycles. The number of benzene rings is 2. The van der Waals surface area contributed by atoms with Gasteiger partial charge < -0.3 is 9.73 Å². The number of hydrogen-bond donors (Lipinski definition) is 2. The van der Waals surface area contributed by atoms with E-state index < -0.39 is 10.1 Å². The van der Waals surface area contributed by atoms with Gasteiger partial charge in [-0.25, -0.2) is 0 Å². The van der Waals surface area contributed by atoms with Crippen LogP contribution in [-0.4, -0.2) is 18.9 Å². The van der Waals surface area contributed by atoms with Crippen LogP contribution in [0.1, 0.15) is 21.9 Å². The van der Waals surface area contributed by atoms with E-state index in [1.807, 2.05) is 0 Å². The van der Waals surface area contributed by atoms with Crippen LogP contribution in [0.4, 0.5) is 5.69 Å². The summed E-state index contributed by atoms with van der Waals surface area (Å²) < 4.78 is 37.7. The van der Waals surface area contributed by atoms with E-state index in [1.165, 1.54) is 12.1 Å². The maximum Gasteiger partial charge on any atom is 0.295 e. The number of carbonyl (C=O) groups excluding carboxylic acids is 1. The van der Waals surface area contributed by atoms with Crippen molar-refractivity contribution in [2.75, 3.05) is 5.32 Å². The minimum Gasteiger partial charge on any atom is -0.466 e. The standard InChI is InChI=1S/C17H15NO5S/c1-10-9-14(11(2)23-10)17(19)18-15-7-8-16(24(20,21)22)13-6-4-3-5-12(13)15/h3-9H,1-2H3,(H,18,19)(H,20,21,22). The van der Waals surface area contributed by atoms with Crippen molar-refractivity contribution >= 4 is 32.5 Å². The molecule has 1 heterocycles. The smallest absolute Gasteiger partial charge is 0.295 e. The predicted octanol–water partition coefficient (Wildman–Crippen LogP) is 3.55. The van der Waals surface area contributed by atoms with E-state index in [4.69, 9.17) is 4.42 Å². The molecule has 3 aromatic rings. The highest BCUT2D eigenvalue weighted by molar-refractivity contribution is 7.86. The molecular weight excluding hydrogens is 330 g/mol. The molecule has 0 aliphatic heterocycles. The Balaban J connectivity index is 2.08. The molecule has 0 saturated heterocycles. The molecule has 0 atom stereocenters. The van der Waals surface area contributed by atoms with Gasteiger partial charge in [0.2, 0.25) is 0 Å². The van der Waals surface area contributed by atoms with Crippen LogP contribution in [0.2, 0.25) is 0 Å². The normalized spacial score (nSPS) is 11.6. The summed E-state index contributed by atoms with van der Waals surface area (Å²) in [4.78, 5) is 12.2. The second kappa shape index (κ2) is 5.77. The molecule has 24 heavy (non-hydrogen) atoms. The molecule has 0 bridgehead atoms. The van der Waals surface area contributed by atoms with E-state index in [-0.39, 0.29) is 10.8 Å². The number of carbonyl (C=O) groups is 1. The molecule has 0 radical (unpaired) electrons. The fourth-order valence-electron chi connectivity index (χ4n) is 2.65. The lowest BCUT2D eigenvalue weighted by atomic mass is 10.1. The van der Waals surface area contributed by atoms with Gasteiger partial charge in [-0.2, -0.15) is 8.42 Å². The van der Waals surface area contributed by atoms with Crippen LogP contribution in [0.5, 0.6) is 0 Å². The van der Waals surface area contributed by atoms with Gasteiger partial charge in [-0.1, -0.05) is 24.3 Å². The number of fused-ring (bicyclic) bond motifs is 1. The fourth-order valence-corrected chi connectivity index (χ4v) is 3.35. The van der Waals surface area contributed by atoms with Gasteiger partial charge in [0.05, 0.1) is 5.56 Å². The zero-order chi connectivity index (χ0) is 17.5. The third-order valence-corrected chi connectivity index (χ3v) is 4.61. The lowest BCUT2D eigenvalue weighted by molar-refractivity contribution is 0.102. The maximum atomic E-state index is 12.4. The zero-order valence-corrected chi connectivity index (χ0v) is 13.8. The molecule has 1 aromatic heterocycles. The third-order valence-electron chi connectivity index (χ3n) is 3.70. The highest BCUT2D eigenvalue weighted by Crippen LogP contribution is 2.30. The summed E-state index contributed by atoms with van der Waals surface area (Å²) in [6.07, 6.45) is 0. The minimum atomic E-state index is -4.36. The summed E-state index contributed by atoms with van der Waals surface area (Å²) in [7, 11) is -4.36. The predicted molar refractivity (Wildman–Crippen MR) is 89.9 cm³/mol. The van der Waals surface area contributed by atoms with Crippen LogP contribution in [0.3, 0.4) is 0 Å². The molecule has 124 valence electrons. The molecule has 2 N–H and O–H groups in total. The molecule has 0 saturated carbocycles. The Bertz CT molecular complexity index is 1050. The number of nitrogens with one attached hydrogen (secondary N) is 1. The van der Waals surface area contributed by atoms with E-state index >= 15 is 0 Å². The second-order valence-electron chi connectivity index (χ2n) is 5.41. The highest BCUT2D eigenvalue weighted by Gasteiger charge is 2.18. The van der Waals surface area contributed by atoms with Crippen LogP contribution in [0.25, 0.3) is 10.8 Å². The van der Waals surface area contributed by atoms with Crippen molar-refractivity contribution in [3.8, 4) is 0 Å². The summed E-state index contributed by atoms with van der Waals surface area (Å²) in [6, 6.07) is 11.0. The Morgan fingerprint density at radius 3 is 2.33 bits per heavy atom. The first-order valence-corrected chi connectivity index (χ1v) is 8.59. The van der Waals surface area contributed by atoms with Gasteiger partial charge in [-0.05, 0) is 32.0 Å². The van der Waals surface area contributed by atoms with Gasteiger partial charge in [0.15, 0.2) is 0 Å². The monoisotopic (exact) mass is 345 g/mol. The van der Waals surface area contributed by atoms with E-state index in [1.54, 1.807) is 44.2 Å². The van der Waals surface area contributed by atoms with Crippen molar-refractivity contribution in [2.45, 2.75) is 18.7 Å². The van der Waals surface area contributed by atoms with Gasteiger partial charge >= 0.3 is 0 Å². The van der Waals surface area contributed by atoms with Crippen molar-refractivity contribution in [3.05, 3.63) is 59.5 Å². The summed E-state index contributed by atoms with van der Waals surface area (Å²) >= 11 is 0. The first-order valence-electron chi connectivity index (χ1n) is 7.15. The van der Waals surface area contributed by atoms with Gasteiger partial charge in [-0.15, -0.1) is 0 Å². The molecule has 6 nitrogen and oxygen atoms in total. The average Bonchev–Trinajstić information content (AvgIpc) is 2.85. The molecule has 0 aliphatic rings. The van der Waals surface area contributed by atoms with Gasteiger partial charge in [-0.3, -0.25) is 9.35 Å². The van der Waals surface area contributed by atoms with Crippen molar-refractivity contribution < 1.29 is 22.2 Å². The number of amides is 1. The van der Waals surface area contributed by atoms with E-state index in [2.05, 4.69) is 5.32 Å². The Labute approximate surface area is 138 Å². The lowest BCUT2D eigenvalue weighted by Crippen LogP contribution is -2.13. The number of rotatable bonds is 3. The molecule has 0 unspecified atom stereocenters. The molecular formula is C17H15NO5S. The second-order valence-corrected chi connectivity index (χ2v) is 6.80. The van der Waals surface area contributed by atoms with Crippen LogP contribution in [0.15, 0.2) is 51.8 Å². The summed E-state index contributed by atoms with van der Waals surface area (Å²) in [5.41, 5.74) is 0.858. The van der Waals surface area contributed by atoms with E-state index in [9.17, 15) is 17.8 Å². The summed E-state index contributed by atoms with van der Waals surface area (Å²) in [5, 5.41) is 3.60. The average molecular weight is 345 g/mol. The SMILES string of the molecule is Cc1cc(C(=O)Nc2ccc(S(=O)(=O)O)c3ccccc23)c(C)o1. The van der Waals surface area contributed by atoms with Crippen molar-refractivity contribution in [3.63, 3.8) is 0 Å².